The summed E-state index contributed by atoms with van der Waals surface area (Å²) in [6.45, 7) is 0.681. The van der Waals surface area contributed by atoms with Gasteiger partial charge in [-0.1, -0.05) is 0 Å². The monoisotopic (exact) mass is 262 g/mol. The molecule has 0 amide bonds. The van der Waals surface area contributed by atoms with Gasteiger partial charge in [0.25, 0.3) is 0 Å². The van der Waals surface area contributed by atoms with Crippen LogP contribution < -0.4 is 4.74 Å². The second-order valence-electron chi connectivity index (χ2n) is 5.40. The van der Waals surface area contributed by atoms with E-state index in [9.17, 15) is 4.79 Å². The maximum atomic E-state index is 12.4. The SMILES string of the molecule is COc1ccc(C(=O)C2CCOC3(CCC3)C2)nn1. The van der Waals surface area contributed by atoms with Crippen molar-refractivity contribution in [3.05, 3.63) is 17.8 Å². The molecule has 1 aliphatic carbocycles. The van der Waals surface area contributed by atoms with Crippen molar-refractivity contribution in [2.24, 2.45) is 5.92 Å². The molecule has 0 radical (unpaired) electrons. The molecule has 5 nitrogen and oxygen atoms in total. The van der Waals surface area contributed by atoms with E-state index in [0.29, 0.717) is 18.2 Å². The standard InChI is InChI=1S/C14H18N2O3/c1-18-12-4-3-11(15-16-12)13(17)10-5-8-19-14(9-10)6-2-7-14/h3-4,10H,2,5-9H2,1H3. The number of Topliss-reactive ketones (excluding diaryl/α,β-unsaturated/α-hetero) is 1. The average Bonchev–Trinajstić information content (AvgIpc) is 2.45. The van der Waals surface area contributed by atoms with E-state index >= 15 is 0 Å². The molecule has 0 N–H and O–H groups in total. The minimum absolute atomic E-state index is 0.0154. The Morgan fingerprint density at radius 3 is 2.84 bits per heavy atom. The molecule has 1 aromatic heterocycles. The van der Waals surface area contributed by atoms with E-state index in [2.05, 4.69) is 10.2 Å². The molecule has 0 aromatic carbocycles. The van der Waals surface area contributed by atoms with Crippen molar-refractivity contribution >= 4 is 5.78 Å². The van der Waals surface area contributed by atoms with Gasteiger partial charge in [0, 0.05) is 18.6 Å². The summed E-state index contributed by atoms with van der Waals surface area (Å²) in [5.74, 6) is 0.542. The largest absolute Gasteiger partial charge is 0.480 e. The van der Waals surface area contributed by atoms with Crippen LogP contribution in [0.3, 0.4) is 0 Å². The summed E-state index contributed by atoms with van der Waals surface area (Å²) in [5.41, 5.74) is 0.417. The predicted molar refractivity (Wildman–Crippen MR) is 68.2 cm³/mol. The fourth-order valence-corrected chi connectivity index (χ4v) is 2.94. The Morgan fingerprint density at radius 2 is 2.26 bits per heavy atom. The third-order valence-corrected chi connectivity index (χ3v) is 4.23. The second-order valence-corrected chi connectivity index (χ2v) is 5.40. The maximum Gasteiger partial charge on any atom is 0.233 e. The lowest BCUT2D eigenvalue weighted by atomic mass is 9.71. The quantitative estimate of drug-likeness (QED) is 0.780. The van der Waals surface area contributed by atoms with Crippen LogP contribution in [0.1, 0.15) is 42.6 Å². The van der Waals surface area contributed by atoms with Crippen molar-refractivity contribution in [1.29, 1.82) is 0 Å². The molecule has 1 unspecified atom stereocenters. The maximum absolute atomic E-state index is 12.4. The van der Waals surface area contributed by atoms with Gasteiger partial charge in [0.15, 0.2) is 5.78 Å². The van der Waals surface area contributed by atoms with E-state index in [1.807, 2.05) is 0 Å². The summed E-state index contributed by atoms with van der Waals surface area (Å²) in [4.78, 5) is 12.4. The summed E-state index contributed by atoms with van der Waals surface area (Å²) in [6.07, 6.45) is 5.01. The zero-order chi connectivity index (χ0) is 13.3. The van der Waals surface area contributed by atoms with E-state index in [0.717, 1.165) is 25.7 Å². The first-order valence-corrected chi connectivity index (χ1v) is 6.78. The van der Waals surface area contributed by atoms with Gasteiger partial charge >= 0.3 is 0 Å². The van der Waals surface area contributed by atoms with Gasteiger partial charge in [0.05, 0.1) is 12.7 Å². The third-order valence-electron chi connectivity index (χ3n) is 4.23. The number of hydrogen-bond donors (Lipinski definition) is 0. The van der Waals surface area contributed by atoms with Crippen molar-refractivity contribution in [3.63, 3.8) is 0 Å². The molecule has 1 saturated carbocycles. The first-order valence-electron chi connectivity index (χ1n) is 6.78. The number of carbonyl (C=O) groups is 1. The topological polar surface area (TPSA) is 61.3 Å². The molecule has 102 valence electrons. The molecule has 5 heteroatoms. The molecule has 2 heterocycles. The Hall–Kier alpha value is -1.49. The number of aromatic nitrogens is 2. The summed E-state index contributed by atoms with van der Waals surface area (Å²) in [6, 6.07) is 3.37. The van der Waals surface area contributed by atoms with Crippen molar-refractivity contribution < 1.29 is 14.3 Å². The third kappa shape index (κ3) is 2.34. The van der Waals surface area contributed by atoms with Crippen molar-refractivity contribution in [3.8, 4) is 5.88 Å². The lowest BCUT2D eigenvalue weighted by molar-refractivity contribution is -0.137. The highest BCUT2D eigenvalue weighted by Crippen LogP contribution is 2.44. The first-order chi connectivity index (χ1) is 9.22. The molecule has 1 spiro atoms. The Kier molecular flexibility index (Phi) is 3.22. The minimum Gasteiger partial charge on any atom is -0.480 e. The Bertz CT molecular complexity index is 468. The van der Waals surface area contributed by atoms with Gasteiger partial charge < -0.3 is 9.47 Å². The molecule has 19 heavy (non-hydrogen) atoms. The number of carbonyl (C=O) groups excluding carboxylic acids is 1. The van der Waals surface area contributed by atoms with Crippen molar-refractivity contribution in [1.82, 2.24) is 10.2 Å². The number of ether oxygens (including phenoxy) is 2. The van der Waals surface area contributed by atoms with E-state index in [-0.39, 0.29) is 17.3 Å². The van der Waals surface area contributed by atoms with Crippen LogP contribution >= 0.6 is 0 Å². The summed E-state index contributed by atoms with van der Waals surface area (Å²) >= 11 is 0. The first kappa shape index (κ1) is 12.5. The van der Waals surface area contributed by atoms with Crippen molar-refractivity contribution in [2.75, 3.05) is 13.7 Å². The van der Waals surface area contributed by atoms with Gasteiger partial charge in [0.2, 0.25) is 5.88 Å². The minimum atomic E-state index is -0.0154. The number of nitrogens with zero attached hydrogens (tertiary/aromatic N) is 2. The van der Waals surface area contributed by atoms with Crippen LogP contribution in [0.4, 0.5) is 0 Å². The fraction of sp³-hybridized carbons (Fsp3) is 0.643. The molecular formula is C14H18N2O3. The Morgan fingerprint density at radius 1 is 1.42 bits per heavy atom. The summed E-state index contributed by atoms with van der Waals surface area (Å²) < 4.78 is 10.8. The van der Waals surface area contributed by atoms with E-state index in [1.165, 1.54) is 13.5 Å². The molecule has 1 atom stereocenters. The molecule has 1 aliphatic heterocycles. The van der Waals surface area contributed by atoms with Crippen LogP contribution in [0.25, 0.3) is 0 Å². The van der Waals surface area contributed by atoms with Crippen LogP contribution in [0.2, 0.25) is 0 Å². The molecule has 1 aromatic rings. The molecule has 2 aliphatic rings. The molecule has 1 saturated heterocycles. The number of hydrogen-bond acceptors (Lipinski definition) is 5. The fourth-order valence-electron chi connectivity index (χ4n) is 2.94. The van der Waals surface area contributed by atoms with Crippen LogP contribution in [0.15, 0.2) is 12.1 Å². The Balaban J connectivity index is 1.71. The zero-order valence-corrected chi connectivity index (χ0v) is 11.1. The summed E-state index contributed by atoms with van der Waals surface area (Å²) in [7, 11) is 1.53. The summed E-state index contributed by atoms with van der Waals surface area (Å²) in [5, 5.41) is 7.81. The highest BCUT2D eigenvalue weighted by atomic mass is 16.5. The smallest absolute Gasteiger partial charge is 0.233 e. The highest BCUT2D eigenvalue weighted by Gasteiger charge is 2.44. The van der Waals surface area contributed by atoms with Gasteiger partial charge in [0.1, 0.15) is 5.69 Å². The Labute approximate surface area is 112 Å². The molecule has 2 fully saturated rings. The molecule has 0 bridgehead atoms. The van der Waals surface area contributed by atoms with E-state index in [4.69, 9.17) is 9.47 Å². The molecular weight excluding hydrogens is 244 g/mol. The number of rotatable bonds is 3. The second kappa shape index (κ2) is 4.89. The van der Waals surface area contributed by atoms with Gasteiger partial charge in [-0.15, -0.1) is 10.2 Å². The lowest BCUT2D eigenvalue weighted by Gasteiger charge is -2.46. The predicted octanol–water partition coefficient (Wildman–Crippen LogP) is 2.02. The van der Waals surface area contributed by atoms with E-state index in [1.54, 1.807) is 12.1 Å². The van der Waals surface area contributed by atoms with Crippen LogP contribution in [0.5, 0.6) is 5.88 Å². The van der Waals surface area contributed by atoms with Crippen LogP contribution in [-0.2, 0) is 4.74 Å². The normalized spacial score (nSPS) is 24.8. The number of methoxy groups -OCH3 is 1. The van der Waals surface area contributed by atoms with E-state index < -0.39 is 0 Å². The molecule has 3 rings (SSSR count). The zero-order valence-electron chi connectivity index (χ0n) is 11.1. The van der Waals surface area contributed by atoms with Gasteiger partial charge in [-0.3, -0.25) is 4.79 Å². The highest BCUT2D eigenvalue weighted by molar-refractivity contribution is 5.96. The average molecular weight is 262 g/mol. The lowest BCUT2D eigenvalue weighted by Crippen LogP contribution is -2.47. The van der Waals surface area contributed by atoms with Gasteiger partial charge in [-0.2, -0.15) is 0 Å². The van der Waals surface area contributed by atoms with Crippen LogP contribution in [0, 0.1) is 5.92 Å². The van der Waals surface area contributed by atoms with Gasteiger partial charge in [-0.25, -0.2) is 0 Å². The van der Waals surface area contributed by atoms with Gasteiger partial charge in [-0.05, 0) is 38.2 Å². The number of ketones is 1. The van der Waals surface area contributed by atoms with Crippen LogP contribution in [-0.4, -0.2) is 35.3 Å². The van der Waals surface area contributed by atoms with Crippen molar-refractivity contribution in [2.45, 2.75) is 37.7 Å².